The van der Waals surface area contributed by atoms with Crippen LogP contribution in [0.4, 0.5) is 5.82 Å². The van der Waals surface area contributed by atoms with Gasteiger partial charge < -0.3 is 5.32 Å². The summed E-state index contributed by atoms with van der Waals surface area (Å²) in [5.74, 6) is 0.933. The van der Waals surface area contributed by atoms with E-state index in [0.29, 0.717) is 18.8 Å². The van der Waals surface area contributed by atoms with Gasteiger partial charge in [0.2, 0.25) is 11.8 Å². The molecule has 26 heavy (non-hydrogen) atoms. The van der Waals surface area contributed by atoms with E-state index in [2.05, 4.69) is 16.4 Å². The van der Waals surface area contributed by atoms with Crippen molar-refractivity contribution in [1.29, 1.82) is 0 Å². The molecule has 4 rings (SSSR count). The molecule has 1 saturated carbocycles. The lowest BCUT2D eigenvalue weighted by Crippen LogP contribution is -2.41. The third-order valence-corrected chi connectivity index (χ3v) is 6.57. The van der Waals surface area contributed by atoms with Crippen LogP contribution in [0.5, 0.6) is 0 Å². The Hall–Kier alpha value is -2.21. The molecule has 1 aliphatic carbocycles. The van der Waals surface area contributed by atoms with Crippen LogP contribution in [-0.2, 0) is 21.5 Å². The Labute approximate surface area is 157 Å². The van der Waals surface area contributed by atoms with Crippen molar-refractivity contribution in [2.24, 2.45) is 0 Å². The van der Waals surface area contributed by atoms with Crippen LogP contribution >= 0.6 is 11.3 Å². The standard InChI is InChI=1S/C20H23N3O2S/c24-18-6-3-11-23(18)17-13-15(7-10-21-17)14-22-19(25)20(8-1-2-9-20)16-5-4-12-26-16/h4-5,7,10,12-13H,1-3,6,8-9,11,14H2,(H,22,25). The van der Waals surface area contributed by atoms with Gasteiger partial charge in [-0.3, -0.25) is 14.5 Å². The SMILES string of the molecule is O=C1CCCN1c1cc(CNC(=O)C2(c3cccs3)CCCC2)ccn1. The van der Waals surface area contributed by atoms with Crippen molar-refractivity contribution in [2.75, 3.05) is 11.4 Å². The largest absolute Gasteiger partial charge is 0.351 e. The highest BCUT2D eigenvalue weighted by Crippen LogP contribution is 2.43. The summed E-state index contributed by atoms with van der Waals surface area (Å²) in [6, 6.07) is 7.92. The lowest BCUT2D eigenvalue weighted by Gasteiger charge is -2.26. The molecule has 1 aliphatic heterocycles. The first-order valence-corrected chi connectivity index (χ1v) is 10.1. The van der Waals surface area contributed by atoms with Crippen molar-refractivity contribution in [2.45, 2.75) is 50.5 Å². The van der Waals surface area contributed by atoms with Gasteiger partial charge in [-0.1, -0.05) is 18.9 Å². The Morgan fingerprint density at radius 3 is 2.81 bits per heavy atom. The van der Waals surface area contributed by atoms with E-state index in [9.17, 15) is 9.59 Å². The molecule has 3 heterocycles. The Morgan fingerprint density at radius 1 is 1.27 bits per heavy atom. The summed E-state index contributed by atoms with van der Waals surface area (Å²) in [5, 5.41) is 5.18. The zero-order valence-electron chi connectivity index (χ0n) is 14.7. The molecule has 6 heteroatoms. The van der Waals surface area contributed by atoms with E-state index in [0.717, 1.165) is 44.2 Å². The Bertz CT molecular complexity index is 797. The number of carbonyl (C=O) groups excluding carboxylic acids is 2. The van der Waals surface area contributed by atoms with Gasteiger partial charge in [0, 0.05) is 30.6 Å². The maximum atomic E-state index is 13.0. The van der Waals surface area contributed by atoms with Crippen LogP contribution in [-0.4, -0.2) is 23.3 Å². The van der Waals surface area contributed by atoms with Crippen molar-refractivity contribution in [1.82, 2.24) is 10.3 Å². The number of hydrogen-bond acceptors (Lipinski definition) is 4. The second kappa shape index (κ2) is 7.19. The first-order chi connectivity index (χ1) is 12.7. The fraction of sp³-hybridized carbons (Fsp3) is 0.450. The smallest absolute Gasteiger partial charge is 0.231 e. The fourth-order valence-electron chi connectivity index (χ4n) is 4.07. The molecule has 0 unspecified atom stereocenters. The summed E-state index contributed by atoms with van der Waals surface area (Å²) in [7, 11) is 0. The summed E-state index contributed by atoms with van der Waals surface area (Å²) >= 11 is 1.67. The van der Waals surface area contributed by atoms with E-state index in [1.807, 2.05) is 23.6 Å². The number of amides is 2. The third-order valence-electron chi connectivity index (χ3n) is 5.50. The minimum absolute atomic E-state index is 0.119. The Balaban J connectivity index is 1.47. The van der Waals surface area contributed by atoms with E-state index < -0.39 is 0 Å². The van der Waals surface area contributed by atoms with Crippen LogP contribution in [0.1, 0.15) is 49.0 Å². The molecule has 1 N–H and O–H groups in total. The maximum absolute atomic E-state index is 13.0. The van der Waals surface area contributed by atoms with Crippen LogP contribution in [0.25, 0.3) is 0 Å². The second-order valence-corrected chi connectivity index (χ2v) is 8.07. The lowest BCUT2D eigenvalue weighted by molar-refractivity contribution is -0.126. The quantitative estimate of drug-likeness (QED) is 0.879. The molecule has 2 amide bonds. The van der Waals surface area contributed by atoms with Crippen LogP contribution < -0.4 is 10.2 Å². The summed E-state index contributed by atoms with van der Waals surface area (Å²) in [6.45, 7) is 1.19. The first-order valence-electron chi connectivity index (χ1n) is 9.27. The highest BCUT2D eigenvalue weighted by molar-refractivity contribution is 7.10. The topological polar surface area (TPSA) is 62.3 Å². The van der Waals surface area contributed by atoms with Gasteiger partial charge in [0.05, 0.1) is 5.41 Å². The molecule has 0 bridgehead atoms. The average Bonchev–Trinajstić information content (AvgIpc) is 3.40. The van der Waals surface area contributed by atoms with Gasteiger partial charge in [0.1, 0.15) is 5.82 Å². The number of rotatable bonds is 5. The van der Waals surface area contributed by atoms with Crippen molar-refractivity contribution in [3.63, 3.8) is 0 Å². The Morgan fingerprint density at radius 2 is 2.12 bits per heavy atom. The molecular weight excluding hydrogens is 346 g/mol. The highest BCUT2D eigenvalue weighted by atomic mass is 32.1. The van der Waals surface area contributed by atoms with Crippen molar-refractivity contribution < 1.29 is 9.59 Å². The van der Waals surface area contributed by atoms with Crippen molar-refractivity contribution in [3.8, 4) is 0 Å². The molecule has 2 aliphatic rings. The van der Waals surface area contributed by atoms with E-state index in [1.54, 1.807) is 22.4 Å². The normalized spacial score (nSPS) is 19.1. The molecule has 1 saturated heterocycles. The third kappa shape index (κ3) is 3.14. The number of thiophene rings is 1. The maximum Gasteiger partial charge on any atom is 0.231 e. The van der Waals surface area contributed by atoms with Gasteiger partial charge in [0.15, 0.2) is 0 Å². The van der Waals surface area contributed by atoms with Crippen LogP contribution in [0.3, 0.4) is 0 Å². The fourth-order valence-corrected chi connectivity index (χ4v) is 5.06. The molecule has 0 spiro atoms. The summed E-state index contributed by atoms with van der Waals surface area (Å²) in [6.07, 6.45) is 7.22. The number of anilines is 1. The summed E-state index contributed by atoms with van der Waals surface area (Å²) in [5.41, 5.74) is 0.608. The van der Waals surface area contributed by atoms with E-state index in [-0.39, 0.29) is 17.2 Å². The molecule has 2 aromatic heterocycles. The predicted octanol–water partition coefficient (Wildman–Crippen LogP) is 3.40. The second-order valence-electron chi connectivity index (χ2n) is 7.12. The average molecular weight is 369 g/mol. The molecule has 2 fully saturated rings. The molecule has 136 valence electrons. The van der Waals surface area contributed by atoms with E-state index >= 15 is 0 Å². The number of aromatic nitrogens is 1. The zero-order valence-corrected chi connectivity index (χ0v) is 15.6. The zero-order chi connectivity index (χ0) is 18.0. The van der Waals surface area contributed by atoms with Gasteiger partial charge in [-0.15, -0.1) is 11.3 Å². The molecule has 0 aromatic carbocycles. The number of nitrogens with zero attached hydrogens (tertiary/aromatic N) is 2. The van der Waals surface area contributed by atoms with Crippen molar-refractivity contribution >= 4 is 29.0 Å². The summed E-state index contributed by atoms with van der Waals surface area (Å²) < 4.78 is 0. The van der Waals surface area contributed by atoms with Crippen LogP contribution in [0.2, 0.25) is 0 Å². The van der Waals surface area contributed by atoms with Crippen molar-refractivity contribution in [3.05, 3.63) is 46.3 Å². The molecule has 0 radical (unpaired) electrons. The highest BCUT2D eigenvalue weighted by Gasteiger charge is 2.43. The molecular formula is C20H23N3O2S. The number of pyridine rings is 1. The first kappa shape index (κ1) is 17.2. The van der Waals surface area contributed by atoms with Gasteiger partial charge in [-0.2, -0.15) is 0 Å². The van der Waals surface area contributed by atoms with Gasteiger partial charge in [-0.05, 0) is 48.4 Å². The predicted molar refractivity (Wildman–Crippen MR) is 102 cm³/mol. The van der Waals surface area contributed by atoms with Gasteiger partial charge in [-0.25, -0.2) is 4.98 Å². The van der Waals surface area contributed by atoms with Gasteiger partial charge in [0.25, 0.3) is 0 Å². The number of carbonyl (C=O) groups is 2. The molecule has 0 atom stereocenters. The monoisotopic (exact) mass is 369 g/mol. The Kier molecular flexibility index (Phi) is 4.76. The number of hydrogen-bond donors (Lipinski definition) is 1. The lowest BCUT2D eigenvalue weighted by atomic mass is 9.83. The molecule has 5 nitrogen and oxygen atoms in total. The van der Waals surface area contributed by atoms with Crippen LogP contribution in [0.15, 0.2) is 35.8 Å². The minimum Gasteiger partial charge on any atom is -0.351 e. The van der Waals surface area contributed by atoms with E-state index in [1.165, 1.54) is 4.88 Å². The van der Waals surface area contributed by atoms with E-state index in [4.69, 9.17) is 0 Å². The van der Waals surface area contributed by atoms with Gasteiger partial charge >= 0.3 is 0 Å². The molecule has 2 aromatic rings. The minimum atomic E-state index is -0.366. The number of nitrogens with one attached hydrogen (secondary N) is 1. The van der Waals surface area contributed by atoms with Crippen LogP contribution in [0, 0.1) is 0 Å². The summed E-state index contributed by atoms with van der Waals surface area (Å²) in [4.78, 5) is 32.2.